The molecule has 0 unspecified atom stereocenters. The maximum atomic E-state index is 8.44. The van der Waals surface area contributed by atoms with Gasteiger partial charge in [0.1, 0.15) is 0 Å². The molecular formula is C12H16IN5. The fraction of sp³-hybridized carbons (Fsp3) is 0.500. The maximum absolute atomic E-state index is 8.44. The zero-order valence-corrected chi connectivity index (χ0v) is 12.5. The Balaban J connectivity index is 2.33. The minimum absolute atomic E-state index is 0.429. The van der Waals surface area contributed by atoms with Gasteiger partial charge in [-0.1, -0.05) is 5.11 Å². The van der Waals surface area contributed by atoms with Crippen molar-refractivity contribution in [3.63, 3.8) is 0 Å². The average Bonchev–Trinajstić information content (AvgIpc) is 2.40. The Labute approximate surface area is 120 Å². The van der Waals surface area contributed by atoms with E-state index in [0.29, 0.717) is 6.54 Å². The Kier molecular flexibility index (Phi) is 4.68. The number of hydrogen-bond donors (Lipinski definition) is 1. The summed E-state index contributed by atoms with van der Waals surface area (Å²) in [7, 11) is 0. The van der Waals surface area contributed by atoms with Gasteiger partial charge in [0, 0.05) is 40.3 Å². The second kappa shape index (κ2) is 6.26. The molecule has 1 aromatic rings. The van der Waals surface area contributed by atoms with Gasteiger partial charge in [-0.3, -0.25) is 0 Å². The van der Waals surface area contributed by atoms with E-state index in [-0.39, 0.29) is 0 Å². The highest BCUT2D eigenvalue weighted by molar-refractivity contribution is 14.1. The molecule has 1 aliphatic heterocycles. The first-order chi connectivity index (χ1) is 8.72. The largest absolute Gasteiger partial charge is 0.369 e. The van der Waals surface area contributed by atoms with Crippen molar-refractivity contribution in [3.05, 3.63) is 37.3 Å². The van der Waals surface area contributed by atoms with Crippen molar-refractivity contribution >= 4 is 28.3 Å². The predicted molar refractivity (Wildman–Crippen MR) is 81.8 cm³/mol. The first-order valence-electron chi connectivity index (χ1n) is 5.98. The SMILES string of the molecule is Cc1c(CN=[N+]=[N-])cc(I)cc1N1CCNCC1. The van der Waals surface area contributed by atoms with Crippen molar-refractivity contribution < 1.29 is 0 Å². The van der Waals surface area contributed by atoms with Gasteiger partial charge in [0.2, 0.25) is 0 Å². The molecule has 6 heteroatoms. The van der Waals surface area contributed by atoms with Gasteiger partial charge < -0.3 is 10.2 Å². The monoisotopic (exact) mass is 357 g/mol. The van der Waals surface area contributed by atoms with Crippen LogP contribution < -0.4 is 10.2 Å². The fourth-order valence-electron chi connectivity index (χ4n) is 2.23. The number of rotatable bonds is 3. The minimum atomic E-state index is 0.429. The predicted octanol–water partition coefficient (Wildman–Crippen LogP) is 2.82. The van der Waals surface area contributed by atoms with Crippen molar-refractivity contribution in [3.8, 4) is 0 Å². The molecule has 5 nitrogen and oxygen atoms in total. The van der Waals surface area contributed by atoms with Crippen LogP contribution in [0.1, 0.15) is 11.1 Å². The van der Waals surface area contributed by atoms with E-state index in [1.807, 2.05) is 0 Å². The summed E-state index contributed by atoms with van der Waals surface area (Å²) in [6, 6.07) is 4.30. The molecule has 1 saturated heterocycles. The molecule has 1 N–H and O–H groups in total. The van der Waals surface area contributed by atoms with Gasteiger partial charge in [0.05, 0.1) is 6.54 Å². The highest BCUT2D eigenvalue weighted by atomic mass is 127. The number of anilines is 1. The molecule has 0 saturated carbocycles. The van der Waals surface area contributed by atoms with Crippen LogP contribution in [0.3, 0.4) is 0 Å². The van der Waals surface area contributed by atoms with Crippen LogP contribution in [0.15, 0.2) is 17.2 Å². The van der Waals surface area contributed by atoms with Crippen molar-refractivity contribution in [2.45, 2.75) is 13.5 Å². The summed E-state index contributed by atoms with van der Waals surface area (Å²) in [6.07, 6.45) is 0. The van der Waals surface area contributed by atoms with E-state index in [0.717, 1.165) is 31.7 Å². The standard InChI is InChI=1S/C12H16IN5/c1-9-10(8-16-17-14)6-11(13)7-12(9)18-4-2-15-3-5-18/h6-7,15H,2-5,8H2,1H3. The Morgan fingerprint density at radius 2 is 2.17 bits per heavy atom. The van der Waals surface area contributed by atoms with Crippen LogP contribution >= 0.6 is 22.6 Å². The van der Waals surface area contributed by atoms with E-state index in [9.17, 15) is 0 Å². The normalized spacial score (nSPS) is 15.3. The van der Waals surface area contributed by atoms with Crippen molar-refractivity contribution in [1.29, 1.82) is 0 Å². The minimum Gasteiger partial charge on any atom is -0.369 e. The second-order valence-corrected chi connectivity index (χ2v) is 5.58. The lowest BCUT2D eigenvalue weighted by Gasteiger charge is -2.31. The molecule has 0 aromatic heterocycles. The van der Waals surface area contributed by atoms with Gasteiger partial charge in [0.15, 0.2) is 0 Å². The third-order valence-corrected chi connectivity index (χ3v) is 3.84. The van der Waals surface area contributed by atoms with Gasteiger partial charge in [-0.25, -0.2) is 0 Å². The zero-order valence-electron chi connectivity index (χ0n) is 10.4. The van der Waals surface area contributed by atoms with Gasteiger partial charge in [-0.2, -0.15) is 0 Å². The molecule has 2 rings (SSSR count). The van der Waals surface area contributed by atoms with Crippen LogP contribution in [0, 0.1) is 10.5 Å². The zero-order chi connectivity index (χ0) is 13.0. The first kappa shape index (κ1) is 13.5. The van der Waals surface area contributed by atoms with Crippen LogP contribution in [-0.4, -0.2) is 26.2 Å². The molecular weight excluding hydrogens is 341 g/mol. The number of nitrogens with zero attached hydrogens (tertiary/aromatic N) is 4. The molecule has 0 bridgehead atoms. The van der Waals surface area contributed by atoms with Gasteiger partial charge in [-0.15, -0.1) is 0 Å². The van der Waals surface area contributed by atoms with E-state index in [1.165, 1.54) is 14.8 Å². The highest BCUT2D eigenvalue weighted by Gasteiger charge is 2.15. The molecule has 0 radical (unpaired) electrons. The van der Waals surface area contributed by atoms with E-state index >= 15 is 0 Å². The Bertz CT molecular complexity index is 476. The third-order valence-electron chi connectivity index (χ3n) is 3.21. The van der Waals surface area contributed by atoms with Crippen LogP contribution in [0.5, 0.6) is 0 Å². The summed E-state index contributed by atoms with van der Waals surface area (Å²) in [4.78, 5) is 5.24. The molecule has 18 heavy (non-hydrogen) atoms. The number of halogens is 1. The maximum Gasteiger partial charge on any atom is 0.0514 e. The fourth-order valence-corrected chi connectivity index (χ4v) is 2.90. The lowest BCUT2D eigenvalue weighted by Crippen LogP contribution is -2.43. The number of azide groups is 1. The summed E-state index contributed by atoms with van der Waals surface area (Å²) in [5, 5.41) is 7.03. The van der Waals surface area contributed by atoms with Crippen LogP contribution in [-0.2, 0) is 6.54 Å². The van der Waals surface area contributed by atoms with Crippen LogP contribution in [0.4, 0.5) is 5.69 Å². The highest BCUT2D eigenvalue weighted by Crippen LogP contribution is 2.27. The number of nitrogens with one attached hydrogen (secondary N) is 1. The van der Waals surface area contributed by atoms with Gasteiger partial charge in [-0.05, 0) is 58.3 Å². The lowest BCUT2D eigenvalue weighted by atomic mass is 10.1. The van der Waals surface area contributed by atoms with Crippen molar-refractivity contribution in [2.24, 2.45) is 5.11 Å². The number of benzene rings is 1. The lowest BCUT2D eigenvalue weighted by molar-refractivity contribution is 0.588. The van der Waals surface area contributed by atoms with E-state index in [1.54, 1.807) is 0 Å². The smallest absolute Gasteiger partial charge is 0.0514 e. The Hall–Kier alpha value is -0.980. The van der Waals surface area contributed by atoms with Crippen LogP contribution in [0.2, 0.25) is 0 Å². The molecule has 1 fully saturated rings. The first-order valence-corrected chi connectivity index (χ1v) is 7.06. The third kappa shape index (κ3) is 3.07. The Morgan fingerprint density at radius 1 is 1.44 bits per heavy atom. The molecule has 0 aliphatic carbocycles. The van der Waals surface area contributed by atoms with Crippen LogP contribution in [0.25, 0.3) is 10.4 Å². The summed E-state index contributed by atoms with van der Waals surface area (Å²) >= 11 is 2.32. The quantitative estimate of drug-likeness (QED) is 0.391. The summed E-state index contributed by atoms with van der Waals surface area (Å²) in [6.45, 7) is 6.64. The van der Waals surface area contributed by atoms with Gasteiger partial charge >= 0.3 is 0 Å². The number of piperazine rings is 1. The second-order valence-electron chi connectivity index (χ2n) is 4.34. The summed E-state index contributed by atoms with van der Waals surface area (Å²) < 4.78 is 1.19. The average molecular weight is 357 g/mol. The van der Waals surface area contributed by atoms with Crippen molar-refractivity contribution in [1.82, 2.24) is 5.32 Å². The summed E-state index contributed by atoms with van der Waals surface area (Å²) in [5.74, 6) is 0. The van der Waals surface area contributed by atoms with Crippen molar-refractivity contribution in [2.75, 3.05) is 31.1 Å². The Morgan fingerprint density at radius 3 is 2.83 bits per heavy atom. The molecule has 96 valence electrons. The molecule has 1 heterocycles. The molecule has 0 atom stereocenters. The van der Waals surface area contributed by atoms with E-state index < -0.39 is 0 Å². The number of hydrogen-bond acceptors (Lipinski definition) is 3. The van der Waals surface area contributed by atoms with E-state index in [4.69, 9.17) is 5.53 Å². The topological polar surface area (TPSA) is 64.0 Å². The molecule has 0 spiro atoms. The molecule has 1 aromatic carbocycles. The van der Waals surface area contributed by atoms with Gasteiger partial charge in [0.25, 0.3) is 0 Å². The van der Waals surface area contributed by atoms with E-state index in [2.05, 4.69) is 61.9 Å². The molecule has 0 amide bonds. The summed E-state index contributed by atoms with van der Waals surface area (Å²) in [5.41, 5.74) is 12.1. The molecule has 1 aliphatic rings.